The van der Waals surface area contributed by atoms with E-state index in [1.807, 2.05) is 11.3 Å². The number of aryl methyl sites for hydroxylation is 1. The van der Waals surface area contributed by atoms with Crippen LogP contribution in [0.25, 0.3) is 0 Å². The highest BCUT2D eigenvalue weighted by atomic mass is 127. The SMILES string of the molecule is Cc1ccc(C(CN=C(N)N2CCCC(C)C2)N2CCOCC2)s1.I. The third kappa shape index (κ3) is 5.80. The van der Waals surface area contributed by atoms with Crippen LogP contribution in [-0.4, -0.2) is 61.7 Å². The van der Waals surface area contributed by atoms with E-state index in [1.165, 1.54) is 22.6 Å². The number of halogens is 1. The van der Waals surface area contributed by atoms with E-state index >= 15 is 0 Å². The normalized spacial score (nSPS) is 24.0. The molecule has 0 amide bonds. The fourth-order valence-electron chi connectivity index (χ4n) is 3.58. The Labute approximate surface area is 172 Å². The van der Waals surface area contributed by atoms with Gasteiger partial charge in [0, 0.05) is 35.9 Å². The average Bonchev–Trinajstić information content (AvgIpc) is 3.02. The monoisotopic (exact) mass is 478 g/mol. The van der Waals surface area contributed by atoms with Gasteiger partial charge in [0.25, 0.3) is 0 Å². The molecule has 1 aromatic heterocycles. The summed E-state index contributed by atoms with van der Waals surface area (Å²) in [4.78, 5) is 12.3. The van der Waals surface area contributed by atoms with Gasteiger partial charge in [0.15, 0.2) is 5.96 Å². The summed E-state index contributed by atoms with van der Waals surface area (Å²) < 4.78 is 5.52. The number of thiophene rings is 1. The largest absolute Gasteiger partial charge is 0.379 e. The van der Waals surface area contributed by atoms with Crippen molar-refractivity contribution in [1.29, 1.82) is 0 Å². The second-order valence-corrected chi connectivity index (χ2v) is 8.32. The van der Waals surface area contributed by atoms with Gasteiger partial charge in [0.05, 0.1) is 25.8 Å². The summed E-state index contributed by atoms with van der Waals surface area (Å²) in [7, 11) is 0. The molecule has 3 heterocycles. The summed E-state index contributed by atoms with van der Waals surface area (Å²) >= 11 is 1.87. The Balaban J connectivity index is 0.00000225. The molecule has 2 aliphatic rings. The van der Waals surface area contributed by atoms with Crippen molar-refractivity contribution in [3.63, 3.8) is 0 Å². The minimum atomic E-state index is 0. The smallest absolute Gasteiger partial charge is 0.191 e. The molecule has 2 fully saturated rings. The van der Waals surface area contributed by atoms with Gasteiger partial charge in [0.1, 0.15) is 0 Å². The highest BCUT2D eigenvalue weighted by Crippen LogP contribution is 2.28. The van der Waals surface area contributed by atoms with Gasteiger partial charge >= 0.3 is 0 Å². The Kier molecular flexibility index (Phi) is 8.44. The zero-order valence-electron chi connectivity index (χ0n) is 15.3. The summed E-state index contributed by atoms with van der Waals surface area (Å²) in [6.45, 7) is 10.8. The lowest BCUT2D eigenvalue weighted by molar-refractivity contribution is 0.0186. The Morgan fingerprint density at radius 2 is 2.12 bits per heavy atom. The molecular weight excluding hydrogens is 447 g/mol. The van der Waals surface area contributed by atoms with Crippen LogP contribution in [0.5, 0.6) is 0 Å². The molecule has 25 heavy (non-hydrogen) atoms. The number of ether oxygens (including phenoxy) is 1. The van der Waals surface area contributed by atoms with Crippen LogP contribution in [0.15, 0.2) is 17.1 Å². The summed E-state index contributed by atoms with van der Waals surface area (Å²) in [5.41, 5.74) is 6.31. The molecule has 0 saturated carbocycles. The van der Waals surface area contributed by atoms with Crippen molar-refractivity contribution >= 4 is 41.3 Å². The van der Waals surface area contributed by atoms with Gasteiger partial charge in [0.2, 0.25) is 0 Å². The first-order valence-electron chi connectivity index (χ1n) is 9.06. The van der Waals surface area contributed by atoms with Crippen LogP contribution in [0.3, 0.4) is 0 Å². The molecule has 0 aliphatic carbocycles. The number of nitrogens with two attached hydrogens (primary N) is 1. The Morgan fingerprint density at radius 1 is 1.36 bits per heavy atom. The summed E-state index contributed by atoms with van der Waals surface area (Å²) in [6, 6.07) is 4.76. The van der Waals surface area contributed by atoms with Crippen molar-refractivity contribution in [3.8, 4) is 0 Å². The highest BCUT2D eigenvalue weighted by molar-refractivity contribution is 14.0. The van der Waals surface area contributed by atoms with Crippen LogP contribution >= 0.6 is 35.3 Å². The van der Waals surface area contributed by atoms with Crippen LogP contribution in [-0.2, 0) is 4.74 Å². The van der Waals surface area contributed by atoms with Crippen molar-refractivity contribution in [2.24, 2.45) is 16.6 Å². The molecule has 7 heteroatoms. The second-order valence-electron chi connectivity index (χ2n) is 7.00. The van der Waals surface area contributed by atoms with Gasteiger partial charge < -0.3 is 15.4 Å². The third-order valence-corrected chi connectivity index (χ3v) is 6.09. The summed E-state index contributed by atoms with van der Waals surface area (Å²) in [5, 5.41) is 0. The van der Waals surface area contributed by atoms with Crippen LogP contribution < -0.4 is 5.73 Å². The number of nitrogens with zero attached hydrogens (tertiary/aromatic N) is 3. The van der Waals surface area contributed by atoms with Crippen LogP contribution in [0.1, 0.15) is 35.6 Å². The minimum Gasteiger partial charge on any atom is -0.379 e. The number of morpholine rings is 1. The van der Waals surface area contributed by atoms with E-state index in [4.69, 9.17) is 15.5 Å². The van der Waals surface area contributed by atoms with Crippen LogP contribution in [0.4, 0.5) is 0 Å². The fourth-order valence-corrected chi connectivity index (χ4v) is 4.59. The van der Waals surface area contributed by atoms with Crippen molar-refractivity contribution in [2.75, 3.05) is 45.9 Å². The molecule has 0 aromatic carbocycles. The molecule has 1 aromatic rings. The van der Waals surface area contributed by atoms with Crippen molar-refractivity contribution in [2.45, 2.75) is 32.7 Å². The van der Waals surface area contributed by atoms with Crippen molar-refractivity contribution < 1.29 is 4.74 Å². The average molecular weight is 478 g/mol. The van der Waals surface area contributed by atoms with E-state index in [-0.39, 0.29) is 24.0 Å². The van der Waals surface area contributed by atoms with Crippen LogP contribution in [0.2, 0.25) is 0 Å². The van der Waals surface area contributed by atoms with Gasteiger partial charge in [-0.3, -0.25) is 9.89 Å². The number of guanidine groups is 1. The maximum atomic E-state index is 6.31. The van der Waals surface area contributed by atoms with E-state index in [1.54, 1.807) is 0 Å². The quantitative estimate of drug-likeness (QED) is 0.411. The predicted octanol–water partition coefficient (Wildman–Crippen LogP) is 3.09. The number of hydrogen-bond acceptors (Lipinski definition) is 4. The van der Waals surface area contributed by atoms with E-state index in [0.717, 1.165) is 45.9 Å². The van der Waals surface area contributed by atoms with E-state index < -0.39 is 0 Å². The fraction of sp³-hybridized carbons (Fsp3) is 0.722. The van der Waals surface area contributed by atoms with E-state index in [2.05, 4.69) is 35.8 Å². The van der Waals surface area contributed by atoms with E-state index in [9.17, 15) is 0 Å². The van der Waals surface area contributed by atoms with Gasteiger partial charge in [-0.05, 0) is 37.8 Å². The molecule has 2 atom stereocenters. The minimum absolute atomic E-state index is 0. The van der Waals surface area contributed by atoms with Gasteiger partial charge in [-0.1, -0.05) is 6.92 Å². The van der Waals surface area contributed by atoms with Gasteiger partial charge in [-0.2, -0.15) is 0 Å². The number of piperidine rings is 1. The first kappa shape index (κ1) is 20.9. The molecular formula is C18H31IN4OS. The van der Waals surface area contributed by atoms with Crippen molar-refractivity contribution in [3.05, 3.63) is 21.9 Å². The number of aliphatic imine (C=N–C) groups is 1. The first-order valence-corrected chi connectivity index (χ1v) is 9.88. The Bertz CT molecular complexity index is 559. The molecule has 3 rings (SSSR count). The van der Waals surface area contributed by atoms with Gasteiger partial charge in [-0.25, -0.2) is 0 Å². The molecule has 142 valence electrons. The predicted molar refractivity (Wildman–Crippen MR) is 116 cm³/mol. The van der Waals surface area contributed by atoms with Gasteiger partial charge in [-0.15, -0.1) is 35.3 Å². The molecule has 0 spiro atoms. The Morgan fingerprint density at radius 3 is 2.76 bits per heavy atom. The molecule has 2 aliphatic heterocycles. The molecule has 0 bridgehead atoms. The van der Waals surface area contributed by atoms with Crippen LogP contribution in [0, 0.1) is 12.8 Å². The summed E-state index contributed by atoms with van der Waals surface area (Å²) in [5.74, 6) is 1.43. The number of rotatable bonds is 4. The third-order valence-electron chi connectivity index (χ3n) is 4.98. The standard InChI is InChI=1S/C18H30N4OS.HI/c1-14-4-3-7-22(13-14)18(19)20-12-16(17-6-5-15(2)24-17)21-8-10-23-11-9-21;/h5-6,14,16H,3-4,7-13H2,1-2H3,(H2,19,20);1H. The molecule has 2 N–H and O–H groups in total. The lowest BCUT2D eigenvalue weighted by Gasteiger charge is -2.34. The molecule has 2 unspecified atom stereocenters. The number of hydrogen-bond donors (Lipinski definition) is 1. The Hall–Kier alpha value is -0.380. The first-order chi connectivity index (χ1) is 11.6. The topological polar surface area (TPSA) is 54.1 Å². The van der Waals surface area contributed by atoms with E-state index in [0.29, 0.717) is 17.9 Å². The highest BCUT2D eigenvalue weighted by Gasteiger charge is 2.24. The molecule has 5 nitrogen and oxygen atoms in total. The lowest BCUT2D eigenvalue weighted by atomic mass is 10.0. The second kappa shape index (κ2) is 10.1. The maximum absolute atomic E-state index is 6.31. The molecule has 0 radical (unpaired) electrons. The zero-order chi connectivity index (χ0) is 16.9. The summed E-state index contributed by atoms with van der Waals surface area (Å²) in [6.07, 6.45) is 2.52. The number of likely N-dealkylation sites (tertiary alicyclic amines) is 1. The zero-order valence-corrected chi connectivity index (χ0v) is 18.5. The van der Waals surface area contributed by atoms with Crippen molar-refractivity contribution in [1.82, 2.24) is 9.80 Å². The maximum Gasteiger partial charge on any atom is 0.191 e. The lowest BCUT2D eigenvalue weighted by Crippen LogP contribution is -2.44. The molecule has 2 saturated heterocycles.